The Morgan fingerprint density at radius 2 is 1.06 bits per heavy atom. The Balaban J connectivity index is 3.56. The Kier molecular flexibility index (Phi) is 2.55. The molecule has 2 N–H and O–H groups in total. The van der Waals surface area contributed by atoms with E-state index in [1.54, 1.807) is 0 Å². The first kappa shape index (κ1) is 14.4. The predicted molar refractivity (Wildman–Crippen MR) is 37.3 cm³/mol. The van der Waals surface area contributed by atoms with Crippen LogP contribution in [-0.4, -0.2) is 35.4 Å². The molecule has 1 fully saturated rings. The molecule has 1 nitrogen and oxygen atoms in total. The fourth-order valence-corrected chi connectivity index (χ4v) is 1.43. The summed E-state index contributed by atoms with van der Waals surface area (Å²) >= 11 is 0. The minimum atomic E-state index is -6.31. The summed E-state index contributed by atoms with van der Waals surface area (Å²) in [5.41, 5.74) is -1.08. The highest BCUT2D eigenvalue weighted by atomic mass is 19.4. The minimum absolute atomic E-state index is 0.587. The van der Waals surface area contributed by atoms with E-state index >= 15 is 0 Å². The van der Waals surface area contributed by atoms with Gasteiger partial charge in [-0.05, 0) is 6.92 Å². The molecule has 0 heterocycles. The van der Waals surface area contributed by atoms with E-state index in [1.807, 2.05) is 0 Å². The molecule has 1 aliphatic rings. The van der Waals surface area contributed by atoms with E-state index in [-0.39, 0.29) is 0 Å². The second-order valence-corrected chi connectivity index (χ2v) is 3.88. The van der Waals surface area contributed by atoms with Crippen molar-refractivity contribution in [2.24, 2.45) is 5.73 Å². The van der Waals surface area contributed by atoms with Gasteiger partial charge in [0.05, 0.1) is 0 Å². The van der Waals surface area contributed by atoms with Crippen LogP contribution >= 0.6 is 0 Å². The quantitative estimate of drug-likeness (QED) is 0.676. The largest absolute Gasteiger partial charge is 0.377 e. The lowest BCUT2D eigenvalue weighted by Crippen LogP contribution is -2.82. The summed E-state index contributed by atoms with van der Waals surface area (Å²) in [5, 5.41) is 0. The lowest BCUT2D eigenvalue weighted by Gasteiger charge is -2.50. The summed E-state index contributed by atoms with van der Waals surface area (Å²) in [7, 11) is 0. The Morgan fingerprint density at radius 3 is 1.41 bits per heavy atom. The maximum Gasteiger partial charge on any atom is 0.377 e. The molecule has 2 atom stereocenters. The molecule has 102 valence electrons. The van der Waals surface area contributed by atoms with Crippen molar-refractivity contribution >= 4 is 0 Å². The molecule has 0 spiro atoms. The highest BCUT2D eigenvalue weighted by Crippen LogP contribution is 2.63. The fourth-order valence-electron chi connectivity index (χ4n) is 1.43. The van der Waals surface area contributed by atoms with Crippen molar-refractivity contribution < 1.29 is 39.5 Å². The molecule has 1 aliphatic carbocycles. The molecule has 17 heavy (non-hydrogen) atoms. The zero-order valence-corrected chi connectivity index (χ0v) is 8.06. The molecule has 10 heteroatoms. The molecule has 2 unspecified atom stereocenters. The first-order chi connectivity index (χ1) is 7.15. The maximum atomic E-state index is 13.1. The van der Waals surface area contributed by atoms with Gasteiger partial charge < -0.3 is 5.73 Å². The van der Waals surface area contributed by atoms with Crippen LogP contribution in [0.25, 0.3) is 0 Å². The third kappa shape index (κ3) is 1.22. The van der Waals surface area contributed by atoms with Crippen molar-refractivity contribution in [2.75, 3.05) is 0 Å². The number of hydrogen-bond donors (Lipinski definition) is 1. The molecule has 0 aromatic rings. The van der Waals surface area contributed by atoms with E-state index in [2.05, 4.69) is 5.73 Å². The highest BCUT2D eigenvalue weighted by molar-refractivity contribution is 5.23. The van der Waals surface area contributed by atoms with Gasteiger partial charge in [-0.15, -0.1) is 0 Å². The van der Waals surface area contributed by atoms with Gasteiger partial charge >= 0.3 is 23.7 Å². The fraction of sp³-hybridized carbons (Fsp3) is 1.00. The molecular formula is C7H6F9N. The first-order valence-corrected chi connectivity index (χ1v) is 4.11. The average Bonchev–Trinajstić information content (AvgIpc) is 2.13. The smallest absolute Gasteiger partial charge is 0.317 e. The van der Waals surface area contributed by atoms with Crippen molar-refractivity contribution in [1.82, 2.24) is 0 Å². The predicted octanol–water partition coefficient (Wildman–Crippen LogP) is 2.60. The third-order valence-electron chi connectivity index (χ3n) is 2.81. The van der Waals surface area contributed by atoms with E-state index < -0.39 is 42.3 Å². The Bertz CT molecular complexity index is 304. The van der Waals surface area contributed by atoms with Gasteiger partial charge in [0.2, 0.25) is 5.67 Å². The summed E-state index contributed by atoms with van der Waals surface area (Å²) in [4.78, 5) is 0. The maximum absolute atomic E-state index is 13.1. The zero-order valence-electron chi connectivity index (χ0n) is 8.06. The van der Waals surface area contributed by atoms with Gasteiger partial charge in [0.15, 0.2) is 0 Å². The molecule has 0 aromatic carbocycles. The normalized spacial score (nSPS) is 42.2. The van der Waals surface area contributed by atoms with Crippen molar-refractivity contribution in [3.63, 3.8) is 0 Å². The lowest BCUT2D eigenvalue weighted by atomic mass is 9.73. The van der Waals surface area contributed by atoms with E-state index in [9.17, 15) is 39.5 Å². The van der Waals surface area contributed by atoms with Crippen LogP contribution in [0, 0.1) is 0 Å². The Hall–Kier alpha value is -0.670. The van der Waals surface area contributed by atoms with Gasteiger partial charge in [0, 0.05) is 0 Å². The molecular weight excluding hydrogens is 269 g/mol. The average molecular weight is 275 g/mol. The van der Waals surface area contributed by atoms with Gasteiger partial charge in [0.25, 0.3) is 0 Å². The lowest BCUT2D eigenvalue weighted by molar-refractivity contribution is -0.417. The topological polar surface area (TPSA) is 26.0 Å². The van der Waals surface area contributed by atoms with Crippen molar-refractivity contribution in [1.29, 1.82) is 0 Å². The van der Waals surface area contributed by atoms with Crippen LogP contribution in [-0.2, 0) is 0 Å². The molecule has 0 aliphatic heterocycles. The molecule has 1 saturated carbocycles. The monoisotopic (exact) mass is 275 g/mol. The summed E-state index contributed by atoms with van der Waals surface area (Å²) in [6.07, 6.45) is 0. The van der Waals surface area contributed by atoms with E-state index in [1.165, 1.54) is 0 Å². The standard InChI is InChI=1S/C7H6F9N/c1-3(8)4(9,10)2(17)5(11,12)7(15,16)6(3,13)14/h2H,17H2,1H3. The van der Waals surface area contributed by atoms with Crippen molar-refractivity contribution in [2.45, 2.75) is 42.3 Å². The van der Waals surface area contributed by atoms with Gasteiger partial charge in [-0.3, -0.25) is 0 Å². The van der Waals surface area contributed by atoms with Crippen LogP contribution in [0.3, 0.4) is 0 Å². The van der Waals surface area contributed by atoms with Crippen LogP contribution in [0.1, 0.15) is 6.92 Å². The van der Waals surface area contributed by atoms with E-state index in [4.69, 9.17) is 0 Å². The van der Waals surface area contributed by atoms with E-state index in [0.717, 1.165) is 0 Å². The first-order valence-electron chi connectivity index (χ1n) is 4.11. The van der Waals surface area contributed by atoms with Gasteiger partial charge in [0.1, 0.15) is 6.04 Å². The summed E-state index contributed by atoms with van der Waals surface area (Å²) in [6.45, 7) is -0.587. The number of alkyl halides is 9. The van der Waals surface area contributed by atoms with Crippen molar-refractivity contribution in [3.05, 3.63) is 0 Å². The second-order valence-electron chi connectivity index (χ2n) is 3.88. The van der Waals surface area contributed by atoms with E-state index in [0.29, 0.717) is 0 Å². The number of rotatable bonds is 0. The van der Waals surface area contributed by atoms with Gasteiger partial charge in [-0.25, -0.2) is 13.2 Å². The van der Waals surface area contributed by atoms with Crippen LogP contribution in [0.2, 0.25) is 0 Å². The van der Waals surface area contributed by atoms with Crippen LogP contribution < -0.4 is 5.73 Å². The second kappa shape index (κ2) is 3.01. The van der Waals surface area contributed by atoms with Crippen LogP contribution in [0.5, 0.6) is 0 Å². The summed E-state index contributed by atoms with van der Waals surface area (Å²) in [5.74, 6) is -24.0. The van der Waals surface area contributed by atoms with Crippen LogP contribution in [0.15, 0.2) is 0 Å². The number of hydrogen-bond acceptors (Lipinski definition) is 1. The molecule has 0 aromatic heterocycles. The van der Waals surface area contributed by atoms with Gasteiger partial charge in [-0.1, -0.05) is 0 Å². The molecule has 0 amide bonds. The highest BCUT2D eigenvalue weighted by Gasteiger charge is 2.91. The SMILES string of the molecule is CC1(F)C(F)(F)C(N)C(F)(F)C(F)(F)C1(F)F. The summed E-state index contributed by atoms with van der Waals surface area (Å²) < 4.78 is 115. The minimum Gasteiger partial charge on any atom is -0.317 e. The molecule has 0 saturated heterocycles. The third-order valence-corrected chi connectivity index (χ3v) is 2.81. The van der Waals surface area contributed by atoms with Gasteiger partial charge in [-0.2, -0.15) is 26.3 Å². The zero-order chi connectivity index (χ0) is 14.1. The molecule has 0 radical (unpaired) electrons. The number of nitrogens with two attached hydrogens (primary N) is 1. The summed E-state index contributed by atoms with van der Waals surface area (Å²) in [6, 6.07) is -4.06. The van der Waals surface area contributed by atoms with Crippen molar-refractivity contribution in [3.8, 4) is 0 Å². The van der Waals surface area contributed by atoms with Crippen LogP contribution in [0.4, 0.5) is 39.5 Å². The molecule has 1 rings (SSSR count). The Morgan fingerprint density at radius 1 is 0.706 bits per heavy atom. The Labute approximate surface area is 88.8 Å². The molecule has 0 bridgehead atoms. The number of halogens is 9.